The van der Waals surface area contributed by atoms with Gasteiger partial charge in [-0.3, -0.25) is 4.79 Å². The van der Waals surface area contributed by atoms with Crippen molar-refractivity contribution in [3.05, 3.63) is 58.1 Å². The maximum Gasteiger partial charge on any atom is 0.344 e. The Bertz CT molecular complexity index is 888. The number of esters is 1. The van der Waals surface area contributed by atoms with Crippen molar-refractivity contribution in [2.24, 2.45) is 0 Å². The molecule has 0 aliphatic rings. The zero-order valence-corrected chi connectivity index (χ0v) is 18.0. The van der Waals surface area contributed by atoms with E-state index in [1.165, 1.54) is 17.8 Å². The van der Waals surface area contributed by atoms with Crippen molar-refractivity contribution in [3.8, 4) is 5.75 Å². The van der Waals surface area contributed by atoms with Gasteiger partial charge in [-0.1, -0.05) is 59.2 Å². The van der Waals surface area contributed by atoms with E-state index >= 15 is 0 Å². The molecule has 7 heteroatoms. The lowest BCUT2D eigenvalue weighted by Crippen LogP contribution is -2.27. The normalized spacial score (nSPS) is 11.5. The number of aldehydes is 1. The summed E-state index contributed by atoms with van der Waals surface area (Å²) in [6.07, 6.45) is 3.61. The first-order chi connectivity index (χ1) is 13.2. The van der Waals surface area contributed by atoms with E-state index in [0.29, 0.717) is 27.6 Å². The minimum absolute atomic E-state index is 0.196. The van der Waals surface area contributed by atoms with Crippen LogP contribution in [-0.4, -0.2) is 24.5 Å². The molecule has 0 bridgehead atoms. The van der Waals surface area contributed by atoms with Gasteiger partial charge in [-0.2, -0.15) is 0 Å². The minimum atomic E-state index is -0.570. The topological polar surface area (TPSA) is 52.6 Å². The number of halogens is 2. The number of rotatable bonds is 7. The second kappa shape index (κ2) is 10.0. The zero-order valence-electron chi connectivity index (χ0n) is 15.7. The monoisotopic (exact) mass is 438 g/mol. The fourth-order valence-electron chi connectivity index (χ4n) is 2.18. The maximum absolute atomic E-state index is 11.9. The van der Waals surface area contributed by atoms with Crippen LogP contribution in [0.15, 0.2) is 52.3 Å². The summed E-state index contributed by atoms with van der Waals surface area (Å²) in [4.78, 5) is 23.9. The lowest BCUT2D eigenvalue weighted by Gasteiger charge is -2.20. The van der Waals surface area contributed by atoms with Gasteiger partial charge in [-0.05, 0) is 50.6 Å². The van der Waals surface area contributed by atoms with Crippen LogP contribution in [0.25, 0.3) is 6.08 Å². The van der Waals surface area contributed by atoms with Gasteiger partial charge in [0.2, 0.25) is 0 Å². The molecule has 0 atom stereocenters. The van der Waals surface area contributed by atoms with E-state index < -0.39 is 11.6 Å². The Hall–Kier alpha value is -1.95. The molecule has 0 radical (unpaired) electrons. The Labute approximate surface area is 178 Å². The molecule has 4 nitrogen and oxygen atoms in total. The molecule has 0 heterocycles. The molecule has 2 rings (SSSR count). The van der Waals surface area contributed by atoms with Crippen molar-refractivity contribution in [2.45, 2.75) is 36.2 Å². The van der Waals surface area contributed by atoms with Crippen LogP contribution in [0.3, 0.4) is 0 Å². The lowest BCUT2D eigenvalue weighted by atomic mass is 10.2. The standard InChI is InChI=1S/C21H20Cl2O4S/c1-21(2,3)27-18(25)13-26-15-8-4-5-9-16(15)28-17-11-10-14(7-6-12-24)19(22)20(17)23/h4-12H,13H2,1-3H3/b7-6+. The second-order valence-electron chi connectivity index (χ2n) is 6.70. The molecular weight excluding hydrogens is 419 g/mol. The fourth-order valence-corrected chi connectivity index (χ4v) is 3.69. The number of carbonyl (C=O) groups excluding carboxylic acids is 2. The first-order valence-corrected chi connectivity index (χ1v) is 10.00. The van der Waals surface area contributed by atoms with E-state index in [9.17, 15) is 9.59 Å². The van der Waals surface area contributed by atoms with Crippen LogP contribution >= 0.6 is 35.0 Å². The van der Waals surface area contributed by atoms with Crippen LogP contribution < -0.4 is 4.74 Å². The smallest absolute Gasteiger partial charge is 0.344 e. The largest absolute Gasteiger partial charge is 0.481 e. The van der Waals surface area contributed by atoms with Crippen molar-refractivity contribution >= 4 is 53.3 Å². The van der Waals surface area contributed by atoms with Crippen molar-refractivity contribution < 1.29 is 19.1 Å². The predicted octanol–water partition coefficient (Wildman–Crippen LogP) is 6.08. The third kappa shape index (κ3) is 6.59. The van der Waals surface area contributed by atoms with E-state index in [4.69, 9.17) is 32.7 Å². The van der Waals surface area contributed by atoms with Crippen LogP contribution in [0, 0.1) is 0 Å². The summed E-state index contributed by atoms with van der Waals surface area (Å²) in [5.74, 6) is 0.0928. The molecule has 0 saturated heterocycles. The summed E-state index contributed by atoms with van der Waals surface area (Å²) in [5, 5.41) is 0.735. The van der Waals surface area contributed by atoms with Gasteiger partial charge in [-0.15, -0.1) is 0 Å². The second-order valence-corrected chi connectivity index (χ2v) is 8.54. The Balaban J connectivity index is 2.17. The number of benzene rings is 2. The molecule has 0 aromatic heterocycles. The summed E-state index contributed by atoms with van der Waals surface area (Å²) >= 11 is 14.1. The lowest BCUT2D eigenvalue weighted by molar-refractivity contribution is -0.157. The first-order valence-electron chi connectivity index (χ1n) is 8.42. The zero-order chi connectivity index (χ0) is 20.7. The van der Waals surface area contributed by atoms with Gasteiger partial charge >= 0.3 is 5.97 Å². The summed E-state index contributed by atoms with van der Waals surface area (Å²) in [6.45, 7) is 5.20. The number of allylic oxidation sites excluding steroid dienone is 1. The van der Waals surface area contributed by atoms with Gasteiger partial charge in [0.05, 0.1) is 14.9 Å². The number of carbonyl (C=O) groups is 2. The number of ether oxygens (including phenoxy) is 2. The van der Waals surface area contributed by atoms with Crippen molar-refractivity contribution in [2.75, 3.05) is 6.61 Å². The number of hydrogen-bond donors (Lipinski definition) is 0. The van der Waals surface area contributed by atoms with Gasteiger partial charge in [0.1, 0.15) is 17.6 Å². The van der Waals surface area contributed by atoms with Crippen LogP contribution in [0.4, 0.5) is 0 Å². The molecule has 28 heavy (non-hydrogen) atoms. The Morgan fingerprint density at radius 3 is 2.46 bits per heavy atom. The summed E-state index contributed by atoms with van der Waals surface area (Å²) in [6, 6.07) is 10.9. The van der Waals surface area contributed by atoms with Crippen LogP contribution in [0.5, 0.6) is 5.75 Å². The molecule has 0 amide bonds. The highest BCUT2D eigenvalue weighted by Crippen LogP contribution is 2.42. The van der Waals surface area contributed by atoms with Crippen molar-refractivity contribution in [1.82, 2.24) is 0 Å². The number of para-hydroxylation sites is 1. The molecule has 0 unspecified atom stereocenters. The van der Waals surface area contributed by atoms with Gasteiger partial charge in [0, 0.05) is 4.90 Å². The fraction of sp³-hybridized carbons (Fsp3) is 0.238. The SMILES string of the molecule is CC(C)(C)OC(=O)COc1ccccc1Sc1ccc(/C=C/C=O)c(Cl)c1Cl. The quantitative estimate of drug-likeness (QED) is 0.297. The highest BCUT2D eigenvalue weighted by atomic mass is 35.5. The molecule has 0 fully saturated rings. The van der Waals surface area contributed by atoms with E-state index in [1.807, 2.05) is 24.3 Å². The summed E-state index contributed by atoms with van der Waals surface area (Å²) in [7, 11) is 0. The highest BCUT2D eigenvalue weighted by molar-refractivity contribution is 7.99. The Morgan fingerprint density at radius 2 is 1.79 bits per heavy atom. The van der Waals surface area contributed by atoms with E-state index in [2.05, 4.69) is 0 Å². The van der Waals surface area contributed by atoms with Crippen LogP contribution in [0.2, 0.25) is 10.0 Å². The van der Waals surface area contributed by atoms with E-state index in [1.54, 1.807) is 39.0 Å². The summed E-state index contributed by atoms with van der Waals surface area (Å²) < 4.78 is 10.9. The van der Waals surface area contributed by atoms with Gasteiger partial charge in [-0.25, -0.2) is 4.79 Å². The molecule has 2 aromatic rings. The van der Waals surface area contributed by atoms with E-state index in [0.717, 1.165) is 9.79 Å². The third-order valence-corrected chi connectivity index (χ3v) is 5.39. The van der Waals surface area contributed by atoms with Crippen molar-refractivity contribution in [3.63, 3.8) is 0 Å². The highest BCUT2D eigenvalue weighted by Gasteiger charge is 2.18. The number of hydrogen-bond acceptors (Lipinski definition) is 5. The average molecular weight is 439 g/mol. The molecular formula is C21H20Cl2O4S. The molecule has 0 aliphatic heterocycles. The summed E-state index contributed by atoms with van der Waals surface area (Å²) in [5.41, 5.74) is 0.0801. The molecule has 148 valence electrons. The molecule has 0 spiro atoms. The van der Waals surface area contributed by atoms with Crippen molar-refractivity contribution in [1.29, 1.82) is 0 Å². The molecule has 2 aromatic carbocycles. The van der Waals surface area contributed by atoms with Crippen LogP contribution in [0.1, 0.15) is 26.3 Å². The van der Waals surface area contributed by atoms with Gasteiger partial charge in [0.25, 0.3) is 0 Å². The third-order valence-electron chi connectivity index (χ3n) is 3.27. The van der Waals surface area contributed by atoms with Gasteiger partial charge in [0.15, 0.2) is 6.61 Å². The average Bonchev–Trinajstić information content (AvgIpc) is 2.63. The minimum Gasteiger partial charge on any atom is -0.481 e. The van der Waals surface area contributed by atoms with Crippen LogP contribution in [-0.2, 0) is 14.3 Å². The Morgan fingerprint density at radius 1 is 1.07 bits per heavy atom. The molecule has 0 aliphatic carbocycles. The molecule has 0 N–H and O–H groups in total. The Kier molecular flexibility index (Phi) is 7.98. The van der Waals surface area contributed by atoms with E-state index in [-0.39, 0.29) is 6.61 Å². The maximum atomic E-state index is 11.9. The van der Waals surface area contributed by atoms with Gasteiger partial charge < -0.3 is 9.47 Å². The predicted molar refractivity (Wildman–Crippen MR) is 113 cm³/mol. The first kappa shape index (κ1) is 22.3. The molecule has 0 saturated carbocycles.